The van der Waals surface area contributed by atoms with Crippen molar-refractivity contribution in [1.82, 2.24) is 0 Å². The summed E-state index contributed by atoms with van der Waals surface area (Å²) < 4.78 is 0.977. The molecule has 121 valence electrons. The van der Waals surface area contributed by atoms with E-state index in [2.05, 4.69) is 60.7 Å². The van der Waals surface area contributed by atoms with Crippen molar-refractivity contribution in [2.75, 3.05) is 0 Å². The maximum absolute atomic E-state index is 2.95. The van der Waals surface area contributed by atoms with E-state index in [1.54, 1.807) is 10.6 Å². The fraction of sp³-hybridized carbons (Fsp3) is 0.455. The summed E-state index contributed by atoms with van der Waals surface area (Å²) in [6, 6.07) is 23.7. The van der Waals surface area contributed by atoms with Gasteiger partial charge in [-0.3, -0.25) is 0 Å². The molecule has 10 aliphatic rings. The summed E-state index contributed by atoms with van der Waals surface area (Å²) in [5, 5.41) is 3.48. The van der Waals surface area contributed by atoms with Crippen molar-refractivity contribution in [3.63, 3.8) is 0 Å². The zero-order valence-corrected chi connectivity index (χ0v) is 15.2. The Bertz CT molecular complexity index is 1310. The molecule has 0 nitrogen and oxygen atoms in total. The van der Waals surface area contributed by atoms with Gasteiger partial charge in [-0.2, -0.15) is 0 Å². The van der Waals surface area contributed by atoms with Gasteiger partial charge >= 0.3 is 133 Å². The van der Waals surface area contributed by atoms with Crippen LogP contribution in [0.4, 0.5) is 0 Å². The molecule has 10 heterocycles. The van der Waals surface area contributed by atoms with Gasteiger partial charge in [0.15, 0.2) is 0 Å². The molecule has 0 N–H and O–H groups in total. The molecule has 2 heteroatoms. The second-order valence-electron chi connectivity index (χ2n) is 12.2. The van der Waals surface area contributed by atoms with Gasteiger partial charge in [0.2, 0.25) is 0 Å². The van der Waals surface area contributed by atoms with E-state index in [0.29, 0.717) is 0 Å². The summed E-state index contributed by atoms with van der Waals surface area (Å²) in [4.78, 5) is 12.8. The third-order valence-corrected chi connectivity index (χ3v) is 62.9. The first-order valence-electron chi connectivity index (χ1n) is 9.63. The van der Waals surface area contributed by atoms with Crippen LogP contribution in [0, 0.1) is 0 Å². The van der Waals surface area contributed by atoms with Crippen molar-refractivity contribution in [2.45, 2.75) is 47.8 Å². The van der Waals surface area contributed by atoms with Crippen LogP contribution < -0.4 is 10.6 Å². The Morgan fingerprint density at radius 1 is 0.583 bits per heavy atom. The van der Waals surface area contributed by atoms with E-state index < -0.39 is 6.37 Å². The fourth-order valence-electron chi connectivity index (χ4n) is 17.4. The second-order valence-corrected chi connectivity index (χ2v) is 37.2. The van der Waals surface area contributed by atoms with Crippen LogP contribution in [0.15, 0.2) is 60.7 Å². The predicted octanol–water partition coefficient (Wildman–Crippen LogP) is 5.42. The second kappa shape index (κ2) is 1.10. The average Bonchev–Trinajstić information content (AvgIpc) is 3.57. The minimum atomic E-state index is -2.95. The normalized spacial score (nSPS) is 87.8. The van der Waals surface area contributed by atoms with Crippen molar-refractivity contribution in [2.24, 2.45) is 0 Å². The van der Waals surface area contributed by atoms with Crippen molar-refractivity contribution in [3.05, 3.63) is 60.7 Å². The summed E-state index contributed by atoms with van der Waals surface area (Å²) in [6.07, 6.45) is -2.95. The molecule has 0 bridgehead atoms. The Hall–Kier alpha value is -0.624. The summed E-state index contributed by atoms with van der Waals surface area (Å²) in [5.74, 6) is 0. The standard InChI is InChI=1S/C17H14P.C5H5.Co/c1-3-9-15(10-4-1)18(17-13-7-8-14-17)16-11-5-2-6-12-16;1-2-4-5-3-1;/h1-14H;1-5H;. The number of benzene rings is 2. The van der Waals surface area contributed by atoms with Crippen LogP contribution in [-0.2, 0) is 6.37 Å². The van der Waals surface area contributed by atoms with E-state index in [0.717, 1.165) is 4.09 Å². The molecule has 10 saturated heterocycles. The van der Waals surface area contributed by atoms with Gasteiger partial charge in [-0.05, 0) is 0 Å². The molecule has 1 spiro atoms. The first-order chi connectivity index (χ1) is 11.6. The van der Waals surface area contributed by atoms with Crippen LogP contribution in [0.2, 0.25) is 43.7 Å². The topological polar surface area (TPSA) is 0 Å². The van der Waals surface area contributed by atoms with E-state index in [9.17, 15) is 0 Å². The van der Waals surface area contributed by atoms with Gasteiger partial charge in [0.05, 0.1) is 0 Å². The molecule has 2 aromatic carbocycles. The monoisotopic (exact) mass is 373 g/mol. The Labute approximate surface area is 133 Å². The molecule has 0 radical (unpaired) electrons. The molecule has 0 amide bonds. The number of fused-ring (bicyclic) bond motifs is 10. The van der Waals surface area contributed by atoms with Gasteiger partial charge in [0.25, 0.3) is 0 Å². The first-order valence-corrected chi connectivity index (χ1v) is 16.9. The number of hydrogen-bond acceptors (Lipinski definition) is 0. The van der Waals surface area contributed by atoms with Crippen LogP contribution >= 0.6 is 7.92 Å². The van der Waals surface area contributed by atoms with Gasteiger partial charge < -0.3 is 0 Å². The van der Waals surface area contributed by atoms with Crippen molar-refractivity contribution in [3.8, 4) is 0 Å². The Balaban J connectivity index is 1.31. The van der Waals surface area contributed by atoms with Crippen molar-refractivity contribution in [1.29, 1.82) is 0 Å². The molecule has 0 aromatic heterocycles. The van der Waals surface area contributed by atoms with E-state index >= 15 is 0 Å². The summed E-state index contributed by atoms with van der Waals surface area (Å²) in [6.45, 7) is 0. The van der Waals surface area contributed by atoms with Gasteiger partial charge in [-0.15, -0.1) is 0 Å². The fourth-order valence-corrected chi connectivity index (χ4v) is 99.3. The van der Waals surface area contributed by atoms with Gasteiger partial charge in [0.1, 0.15) is 0 Å². The molecular weight excluding hydrogens is 354 g/mol. The van der Waals surface area contributed by atoms with E-state index in [4.69, 9.17) is 0 Å². The zero-order chi connectivity index (χ0) is 14.8. The van der Waals surface area contributed by atoms with Crippen LogP contribution in [0.25, 0.3) is 0 Å². The van der Waals surface area contributed by atoms with Crippen molar-refractivity contribution < 1.29 is 6.37 Å². The third kappa shape index (κ3) is 0.151. The molecule has 12 rings (SSSR count). The van der Waals surface area contributed by atoms with E-state index in [1.807, 2.05) is 0 Å². The van der Waals surface area contributed by atoms with E-state index in [-0.39, 0.29) is 7.92 Å². The molecule has 10 aliphatic heterocycles. The number of hydrogen-bond donors (Lipinski definition) is 0. The maximum atomic E-state index is 2.50. The van der Waals surface area contributed by atoms with E-state index in [1.165, 1.54) is 43.7 Å². The minimum absolute atomic E-state index is 0.0711. The first kappa shape index (κ1) is 9.90. The SMILES string of the molecule is c1ccc(P(c2ccccc2)[C]23[CH]4[CH]5[CH]6[CH]2[Co]56432789[CH]3[CH]2[CH]7[CH]8[CH]39)cc1. The summed E-state index contributed by atoms with van der Waals surface area (Å²) in [7, 11) is -0.0711. The average molecular weight is 373 g/mol. The number of rotatable bonds is 3. The van der Waals surface area contributed by atoms with Crippen LogP contribution in [-0.4, -0.2) is 4.09 Å². The Kier molecular flexibility index (Phi) is 0.454. The molecule has 0 saturated carbocycles. The molecule has 4 unspecified atom stereocenters. The molecule has 10 fully saturated rings. The zero-order valence-electron chi connectivity index (χ0n) is 13.3. The summed E-state index contributed by atoms with van der Waals surface area (Å²) >= 11 is 0. The van der Waals surface area contributed by atoms with Crippen LogP contribution in [0.3, 0.4) is 0 Å². The van der Waals surface area contributed by atoms with Crippen LogP contribution in [0.1, 0.15) is 0 Å². The quantitative estimate of drug-likeness (QED) is 0.631. The molecule has 4 atom stereocenters. The molecule has 24 heavy (non-hydrogen) atoms. The third-order valence-electron chi connectivity index (χ3n) is 16.2. The summed E-state index contributed by atoms with van der Waals surface area (Å²) in [5.41, 5.74) is 0. The van der Waals surface area contributed by atoms with Gasteiger partial charge in [-0.25, -0.2) is 0 Å². The Morgan fingerprint density at radius 3 is 1.29 bits per heavy atom. The van der Waals surface area contributed by atoms with Gasteiger partial charge in [0, 0.05) is 0 Å². The molecule has 0 aliphatic carbocycles. The Morgan fingerprint density at radius 2 is 1.00 bits per heavy atom. The predicted molar refractivity (Wildman–Crippen MR) is 95.6 cm³/mol. The van der Waals surface area contributed by atoms with Gasteiger partial charge in [-0.1, -0.05) is 0 Å². The molecule has 2 aromatic rings. The molecular formula is C22H19CoP. The van der Waals surface area contributed by atoms with Crippen molar-refractivity contribution >= 4 is 18.5 Å². The van der Waals surface area contributed by atoms with Crippen LogP contribution in [0.5, 0.6) is 0 Å².